The SMILES string of the molecule is CCNC(=O)C(C)N1CCC(C(=O)OC)CC1. The molecule has 1 aliphatic rings. The van der Waals surface area contributed by atoms with Crippen LogP contribution >= 0.6 is 0 Å². The third-order valence-electron chi connectivity index (χ3n) is 3.34. The summed E-state index contributed by atoms with van der Waals surface area (Å²) in [6.45, 7) is 6.02. The highest BCUT2D eigenvalue weighted by molar-refractivity contribution is 5.81. The van der Waals surface area contributed by atoms with Crippen LogP contribution in [0.2, 0.25) is 0 Å². The quantitative estimate of drug-likeness (QED) is 0.725. The highest BCUT2D eigenvalue weighted by Gasteiger charge is 2.29. The van der Waals surface area contributed by atoms with E-state index in [2.05, 4.69) is 10.2 Å². The number of carbonyl (C=O) groups is 2. The summed E-state index contributed by atoms with van der Waals surface area (Å²) < 4.78 is 4.73. The number of carbonyl (C=O) groups excluding carboxylic acids is 2. The van der Waals surface area contributed by atoms with Crippen molar-refractivity contribution in [2.75, 3.05) is 26.7 Å². The molecule has 1 amide bonds. The molecule has 1 rings (SSSR count). The molecule has 5 heteroatoms. The average Bonchev–Trinajstić information content (AvgIpc) is 2.37. The molecule has 98 valence electrons. The molecule has 0 aromatic carbocycles. The first-order chi connectivity index (χ1) is 8.10. The first-order valence-corrected chi connectivity index (χ1v) is 6.19. The Morgan fingerprint density at radius 2 is 2.00 bits per heavy atom. The van der Waals surface area contributed by atoms with E-state index >= 15 is 0 Å². The summed E-state index contributed by atoms with van der Waals surface area (Å²) in [4.78, 5) is 25.1. The number of methoxy groups -OCH3 is 1. The van der Waals surface area contributed by atoms with Gasteiger partial charge in [0.15, 0.2) is 0 Å². The first-order valence-electron chi connectivity index (χ1n) is 6.19. The number of rotatable bonds is 4. The van der Waals surface area contributed by atoms with E-state index in [0.29, 0.717) is 6.54 Å². The number of likely N-dealkylation sites (N-methyl/N-ethyl adjacent to an activating group) is 1. The van der Waals surface area contributed by atoms with Crippen LogP contribution in [0, 0.1) is 5.92 Å². The van der Waals surface area contributed by atoms with Crippen molar-refractivity contribution in [2.24, 2.45) is 5.92 Å². The van der Waals surface area contributed by atoms with E-state index in [9.17, 15) is 9.59 Å². The van der Waals surface area contributed by atoms with Crippen molar-refractivity contribution in [2.45, 2.75) is 32.7 Å². The van der Waals surface area contributed by atoms with Crippen LogP contribution in [-0.2, 0) is 14.3 Å². The minimum absolute atomic E-state index is 0.00214. The highest BCUT2D eigenvalue weighted by Crippen LogP contribution is 2.20. The number of likely N-dealkylation sites (tertiary alicyclic amines) is 1. The van der Waals surface area contributed by atoms with Gasteiger partial charge in [0.25, 0.3) is 0 Å². The lowest BCUT2D eigenvalue weighted by molar-refractivity contribution is -0.147. The topological polar surface area (TPSA) is 58.6 Å². The molecule has 1 atom stereocenters. The van der Waals surface area contributed by atoms with E-state index in [0.717, 1.165) is 25.9 Å². The zero-order chi connectivity index (χ0) is 12.8. The van der Waals surface area contributed by atoms with Gasteiger partial charge in [0, 0.05) is 6.54 Å². The van der Waals surface area contributed by atoms with Gasteiger partial charge in [-0.25, -0.2) is 0 Å². The lowest BCUT2D eigenvalue weighted by atomic mass is 9.96. The number of amides is 1. The molecular formula is C12H22N2O3. The van der Waals surface area contributed by atoms with Crippen LogP contribution in [0.1, 0.15) is 26.7 Å². The number of hydrogen-bond acceptors (Lipinski definition) is 4. The lowest BCUT2D eigenvalue weighted by Gasteiger charge is -2.34. The van der Waals surface area contributed by atoms with Crippen molar-refractivity contribution in [3.8, 4) is 0 Å². The summed E-state index contributed by atoms with van der Waals surface area (Å²) in [6.07, 6.45) is 1.55. The molecule has 0 spiro atoms. The van der Waals surface area contributed by atoms with Gasteiger partial charge in [0.2, 0.25) is 5.91 Å². The van der Waals surface area contributed by atoms with Crippen LogP contribution in [0.15, 0.2) is 0 Å². The Hall–Kier alpha value is -1.10. The molecular weight excluding hydrogens is 220 g/mol. The Kier molecular flexibility index (Phi) is 5.41. The van der Waals surface area contributed by atoms with Crippen LogP contribution in [-0.4, -0.2) is 49.6 Å². The fourth-order valence-corrected chi connectivity index (χ4v) is 2.18. The Balaban J connectivity index is 2.41. The number of esters is 1. The van der Waals surface area contributed by atoms with Crippen LogP contribution in [0.25, 0.3) is 0 Å². The normalized spacial score (nSPS) is 19.7. The maximum Gasteiger partial charge on any atom is 0.308 e. The molecule has 1 unspecified atom stereocenters. The van der Waals surface area contributed by atoms with Crippen molar-refractivity contribution in [3.63, 3.8) is 0 Å². The molecule has 1 heterocycles. The average molecular weight is 242 g/mol. The molecule has 0 bridgehead atoms. The zero-order valence-electron chi connectivity index (χ0n) is 10.9. The molecule has 1 N–H and O–H groups in total. The van der Waals surface area contributed by atoms with E-state index in [1.165, 1.54) is 7.11 Å². The molecule has 1 fully saturated rings. The molecule has 1 saturated heterocycles. The molecule has 1 aliphatic heterocycles. The Labute approximate surface area is 102 Å². The molecule has 0 aromatic rings. The van der Waals surface area contributed by atoms with Crippen molar-refractivity contribution in [1.29, 1.82) is 0 Å². The van der Waals surface area contributed by atoms with Gasteiger partial charge in [0.1, 0.15) is 0 Å². The molecule has 17 heavy (non-hydrogen) atoms. The third-order valence-corrected chi connectivity index (χ3v) is 3.34. The van der Waals surface area contributed by atoms with Crippen molar-refractivity contribution >= 4 is 11.9 Å². The minimum Gasteiger partial charge on any atom is -0.469 e. The van der Waals surface area contributed by atoms with Crippen LogP contribution in [0.3, 0.4) is 0 Å². The fraction of sp³-hybridized carbons (Fsp3) is 0.833. The predicted molar refractivity (Wildman–Crippen MR) is 64.5 cm³/mol. The van der Waals surface area contributed by atoms with Crippen LogP contribution in [0.4, 0.5) is 0 Å². The summed E-state index contributed by atoms with van der Waals surface area (Å²) in [5.74, 6) is -0.0722. The van der Waals surface area contributed by atoms with Gasteiger partial charge in [0.05, 0.1) is 19.1 Å². The second-order valence-corrected chi connectivity index (χ2v) is 4.40. The number of piperidine rings is 1. The minimum atomic E-state index is -0.129. The summed E-state index contributed by atoms with van der Waals surface area (Å²) in [6, 6.07) is -0.117. The molecule has 0 aromatic heterocycles. The molecule has 0 saturated carbocycles. The van der Waals surface area contributed by atoms with Gasteiger partial charge < -0.3 is 10.1 Å². The van der Waals surface area contributed by atoms with Crippen LogP contribution in [0.5, 0.6) is 0 Å². The molecule has 0 radical (unpaired) electrons. The van der Waals surface area contributed by atoms with Gasteiger partial charge in [-0.05, 0) is 39.8 Å². The molecule has 5 nitrogen and oxygen atoms in total. The van der Waals surface area contributed by atoms with E-state index in [1.807, 2.05) is 13.8 Å². The number of nitrogens with one attached hydrogen (secondary N) is 1. The van der Waals surface area contributed by atoms with Crippen molar-refractivity contribution in [3.05, 3.63) is 0 Å². The standard InChI is InChI=1S/C12H22N2O3/c1-4-13-11(15)9(2)14-7-5-10(6-8-14)12(16)17-3/h9-10H,4-8H2,1-3H3,(H,13,15). The largest absolute Gasteiger partial charge is 0.469 e. The van der Waals surface area contributed by atoms with E-state index in [4.69, 9.17) is 4.74 Å². The summed E-state index contributed by atoms with van der Waals surface area (Å²) in [5.41, 5.74) is 0. The van der Waals surface area contributed by atoms with Gasteiger partial charge in [-0.15, -0.1) is 0 Å². The summed E-state index contributed by atoms with van der Waals surface area (Å²) in [5, 5.41) is 2.82. The van der Waals surface area contributed by atoms with Crippen molar-refractivity contribution in [1.82, 2.24) is 10.2 Å². The van der Waals surface area contributed by atoms with E-state index < -0.39 is 0 Å². The smallest absolute Gasteiger partial charge is 0.308 e. The Bertz CT molecular complexity index is 273. The summed E-state index contributed by atoms with van der Waals surface area (Å²) >= 11 is 0. The zero-order valence-corrected chi connectivity index (χ0v) is 10.9. The Morgan fingerprint density at radius 3 is 2.47 bits per heavy atom. The Morgan fingerprint density at radius 1 is 1.41 bits per heavy atom. The van der Waals surface area contributed by atoms with Crippen molar-refractivity contribution < 1.29 is 14.3 Å². The number of ether oxygens (including phenoxy) is 1. The second-order valence-electron chi connectivity index (χ2n) is 4.40. The van der Waals surface area contributed by atoms with Crippen LogP contribution < -0.4 is 5.32 Å². The molecule has 0 aliphatic carbocycles. The monoisotopic (exact) mass is 242 g/mol. The number of nitrogens with zero attached hydrogens (tertiary/aromatic N) is 1. The maximum atomic E-state index is 11.7. The van der Waals surface area contributed by atoms with E-state index in [-0.39, 0.29) is 23.8 Å². The summed E-state index contributed by atoms with van der Waals surface area (Å²) in [7, 11) is 1.42. The third kappa shape index (κ3) is 3.70. The van der Waals surface area contributed by atoms with Gasteiger partial charge in [-0.2, -0.15) is 0 Å². The van der Waals surface area contributed by atoms with Gasteiger partial charge in [-0.1, -0.05) is 0 Å². The predicted octanol–water partition coefficient (Wildman–Crippen LogP) is 0.396. The van der Waals surface area contributed by atoms with Gasteiger partial charge in [-0.3, -0.25) is 14.5 Å². The maximum absolute atomic E-state index is 11.7. The number of hydrogen-bond donors (Lipinski definition) is 1. The van der Waals surface area contributed by atoms with Gasteiger partial charge >= 0.3 is 5.97 Å². The second kappa shape index (κ2) is 6.59. The fourth-order valence-electron chi connectivity index (χ4n) is 2.18. The van der Waals surface area contributed by atoms with E-state index in [1.54, 1.807) is 0 Å². The lowest BCUT2D eigenvalue weighted by Crippen LogP contribution is -2.49. The highest BCUT2D eigenvalue weighted by atomic mass is 16.5. The first kappa shape index (κ1) is 14.0.